The molecule has 17 heavy (non-hydrogen) atoms. The average Bonchev–Trinajstić information content (AvgIpc) is 2.20. The number of carboxylic acids is 1. The van der Waals surface area contributed by atoms with Gasteiger partial charge in [-0.3, -0.25) is 9.52 Å². The molecule has 0 amide bonds. The van der Waals surface area contributed by atoms with Gasteiger partial charge in [0.25, 0.3) is 0 Å². The molecule has 0 aliphatic rings. The topological polar surface area (TPSA) is 109 Å². The number of anilines is 1. The van der Waals surface area contributed by atoms with E-state index >= 15 is 0 Å². The number of sulfonamides is 1. The van der Waals surface area contributed by atoms with Gasteiger partial charge in [-0.05, 0) is 31.9 Å². The average molecular weight is 389 g/mol. The van der Waals surface area contributed by atoms with E-state index in [0.717, 1.165) is 0 Å². The highest BCUT2D eigenvalue weighted by molar-refractivity contribution is 9.11. The van der Waals surface area contributed by atoms with E-state index in [0.29, 0.717) is 4.60 Å². The Morgan fingerprint density at radius 2 is 2.12 bits per heavy atom. The summed E-state index contributed by atoms with van der Waals surface area (Å²) in [4.78, 5) is 18.0. The van der Waals surface area contributed by atoms with Crippen LogP contribution in [0, 0.1) is 0 Å². The van der Waals surface area contributed by atoms with E-state index in [-0.39, 0.29) is 10.4 Å². The lowest BCUT2D eigenvalue weighted by Crippen LogP contribution is -2.20. The molecule has 10 heteroatoms. The Morgan fingerprint density at radius 1 is 1.47 bits per heavy atom. The van der Waals surface area contributed by atoms with E-state index in [2.05, 4.69) is 46.5 Å². The van der Waals surface area contributed by atoms with Gasteiger partial charge in [-0.2, -0.15) is 0 Å². The van der Waals surface area contributed by atoms with E-state index < -0.39 is 28.2 Å². The van der Waals surface area contributed by atoms with Crippen molar-refractivity contribution in [1.82, 2.24) is 9.97 Å². The number of nitrogens with zero attached hydrogens (tertiary/aromatic N) is 2. The summed E-state index contributed by atoms with van der Waals surface area (Å²) in [7, 11) is -3.74. The lowest BCUT2D eigenvalue weighted by Gasteiger charge is -2.07. The smallest absolute Gasteiger partial charge is 0.304 e. The molecule has 94 valence electrons. The van der Waals surface area contributed by atoms with Gasteiger partial charge in [0.1, 0.15) is 4.60 Å². The van der Waals surface area contributed by atoms with Crippen LogP contribution in [-0.4, -0.2) is 35.2 Å². The van der Waals surface area contributed by atoms with Crippen molar-refractivity contribution >= 4 is 53.7 Å². The Bertz CT molecular complexity index is 534. The normalized spacial score (nSPS) is 11.2. The highest BCUT2D eigenvalue weighted by Crippen LogP contribution is 2.20. The van der Waals surface area contributed by atoms with Gasteiger partial charge in [0.15, 0.2) is 10.4 Å². The molecule has 7 nitrogen and oxygen atoms in total. The summed E-state index contributed by atoms with van der Waals surface area (Å²) in [5, 5.41) is 8.40. The summed E-state index contributed by atoms with van der Waals surface area (Å²) < 4.78 is 25.7. The zero-order valence-corrected chi connectivity index (χ0v) is 12.2. The summed E-state index contributed by atoms with van der Waals surface area (Å²) in [6, 6.07) is 0. The van der Waals surface area contributed by atoms with E-state index in [1.807, 2.05) is 0 Å². The fraction of sp³-hybridized carbons (Fsp3) is 0.286. The second-order valence-corrected chi connectivity index (χ2v) is 6.30. The van der Waals surface area contributed by atoms with Gasteiger partial charge in [0, 0.05) is 0 Å². The molecule has 0 aliphatic heterocycles. The molecule has 0 atom stereocenters. The molecule has 1 heterocycles. The number of halogens is 2. The monoisotopic (exact) mass is 387 g/mol. The maximum atomic E-state index is 11.5. The second kappa shape index (κ2) is 5.74. The molecule has 0 aromatic carbocycles. The highest BCUT2D eigenvalue weighted by atomic mass is 79.9. The fourth-order valence-electron chi connectivity index (χ4n) is 0.835. The Labute approximate surface area is 114 Å². The van der Waals surface area contributed by atoms with E-state index in [4.69, 9.17) is 5.11 Å². The number of aromatic nitrogens is 2. The van der Waals surface area contributed by atoms with Crippen LogP contribution in [0.1, 0.15) is 6.42 Å². The molecule has 0 fully saturated rings. The van der Waals surface area contributed by atoms with Gasteiger partial charge >= 0.3 is 5.97 Å². The molecule has 0 bridgehead atoms. The SMILES string of the molecule is O=C(O)CCS(=O)(=O)Nc1ncc(Br)nc1Br. The van der Waals surface area contributed by atoms with E-state index in [9.17, 15) is 13.2 Å². The second-order valence-electron chi connectivity index (χ2n) is 2.90. The van der Waals surface area contributed by atoms with Gasteiger partial charge in [-0.1, -0.05) is 0 Å². The highest BCUT2D eigenvalue weighted by Gasteiger charge is 2.15. The zero-order chi connectivity index (χ0) is 13.1. The quantitative estimate of drug-likeness (QED) is 0.784. The van der Waals surface area contributed by atoms with Crippen molar-refractivity contribution in [3.8, 4) is 0 Å². The molecule has 0 saturated carbocycles. The minimum atomic E-state index is -3.74. The van der Waals surface area contributed by atoms with Crippen LogP contribution in [0.15, 0.2) is 15.4 Å². The van der Waals surface area contributed by atoms with Crippen molar-refractivity contribution in [2.75, 3.05) is 10.5 Å². The number of carboxylic acid groups (broad SMARTS) is 1. The Balaban J connectivity index is 2.79. The van der Waals surface area contributed by atoms with Crippen LogP contribution in [0.25, 0.3) is 0 Å². The lowest BCUT2D eigenvalue weighted by molar-refractivity contribution is -0.136. The van der Waals surface area contributed by atoms with Crippen LogP contribution < -0.4 is 4.72 Å². The van der Waals surface area contributed by atoms with Gasteiger partial charge in [-0.25, -0.2) is 18.4 Å². The van der Waals surface area contributed by atoms with Crippen molar-refractivity contribution in [1.29, 1.82) is 0 Å². The molecule has 2 N–H and O–H groups in total. The Morgan fingerprint density at radius 3 is 2.65 bits per heavy atom. The molecular formula is C7H7Br2N3O4S. The molecule has 0 unspecified atom stereocenters. The number of rotatable bonds is 5. The maximum Gasteiger partial charge on any atom is 0.304 e. The number of nitrogens with one attached hydrogen (secondary N) is 1. The minimum Gasteiger partial charge on any atom is -0.481 e. The standard InChI is InChI=1S/C7H7Br2N3O4S/c8-4-3-10-7(6(9)11-4)12-17(15,16)2-1-5(13)14/h3H,1-2H2,(H,10,12)(H,13,14). The molecule has 0 aliphatic carbocycles. The number of hydrogen-bond acceptors (Lipinski definition) is 5. The minimum absolute atomic E-state index is 0.0126. The molecule has 1 aromatic rings. The van der Waals surface area contributed by atoms with E-state index in [1.54, 1.807) is 0 Å². The predicted octanol–water partition coefficient (Wildman–Crippen LogP) is 1.22. The summed E-state index contributed by atoms with van der Waals surface area (Å²) in [5.41, 5.74) is 0. The third-order valence-corrected chi connectivity index (χ3v) is 3.72. The number of aliphatic carboxylic acids is 1. The van der Waals surface area contributed by atoms with Gasteiger partial charge in [-0.15, -0.1) is 0 Å². The van der Waals surface area contributed by atoms with Gasteiger partial charge in [0.05, 0.1) is 18.4 Å². The van der Waals surface area contributed by atoms with Crippen LogP contribution >= 0.6 is 31.9 Å². The largest absolute Gasteiger partial charge is 0.481 e. The van der Waals surface area contributed by atoms with Crippen molar-refractivity contribution < 1.29 is 18.3 Å². The first-order valence-electron chi connectivity index (χ1n) is 4.20. The third-order valence-electron chi connectivity index (χ3n) is 1.54. The van der Waals surface area contributed by atoms with Crippen LogP contribution in [0.5, 0.6) is 0 Å². The zero-order valence-electron chi connectivity index (χ0n) is 8.22. The van der Waals surface area contributed by atoms with Gasteiger partial charge < -0.3 is 5.11 Å². The first-order valence-corrected chi connectivity index (χ1v) is 7.44. The Hall–Kier alpha value is -0.740. The van der Waals surface area contributed by atoms with Crippen LogP contribution in [0.2, 0.25) is 0 Å². The van der Waals surface area contributed by atoms with Gasteiger partial charge in [0.2, 0.25) is 10.0 Å². The van der Waals surface area contributed by atoms with Crippen LogP contribution in [0.4, 0.5) is 5.82 Å². The lowest BCUT2D eigenvalue weighted by atomic mass is 10.5. The molecule has 0 spiro atoms. The summed E-state index contributed by atoms with van der Waals surface area (Å²) in [6.07, 6.45) is 0.844. The van der Waals surface area contributed by atoms with E-state index in [1.165, 1.54) is 6.20 Å². The fourth-order valence-corrected chi connectivity index (χ4v) is 2.87. The molecule has 1 rings (SSSR count). The summed E-state index contributed by atoms with van der Waals surface area (Å²) in [5.74, 6) is -1.69. The predicted molar refractivity (Wildman–Crippen MR) is 67.1 cm³/mol. The first-order chi connectivity index (χ1) is 7.80. The van der Waals surface area contributed by atoms with Crippen molar-refractivity contribution in [3.05, 3.63) is 15.4 Å². The Kier molecular flexibility index (Phi) is 4.83. The summed E-state index contributed by atoms with van der Waals surface area (Å²) in [6.45, 7) is 0. The van der Waals surface area contributed by atoms with Crippen LogP contribution in [-0.2, 0) is 14.8 Å². The molecule has 0 saturated heterocycles. The van der Waals surface area contributed by atoms with Crippen molar-refractivity contribution in [2.45, 2.75) is 6.42 Å². The summed E-state index contributed by atoms with van der Waals surface area (Å²) >= 11 is 6.10. The molecular weight excluding hydrogens is 382 g/mol. The number of carbonyl (C=O) groups is 1. The molecule has 0 radical (unpaired) electrons. The number of hydrogen-bond donors (Lipinski definition) is 2. The maximum absolute atomic E-state index is 11.5. The molecule has 1 aromatic heterocycles. The van der Waals surface area contributed by atoms with Crippen LogP contribution in [0.3, 0.4) is 0 Å². The van der Waals surface area contributed by atoms with Crippen molar-refractivity contribution in [2.24, 2.45) is 0 Å². The van der Waals surface area contributed by atoms with Crippen molar-refractivity contribution in [3.63, 3.8) is 0 Å². The first kappa shape index (κ1) is 14.3. The third kappa shape index (κ3) is 4.96.